The Bertz CT molecular complexity index is 372. The van der Waals surface area contributed by atoms with Crippen molar-refractivity contribution in [3.8, 4) is 0 Å². The summed E-state index contributed by atoms with van der Waals surface area (Å²) in [5.41, 5.74) is 7.48. The summed E-state index contributed by atoms with van der Waals surface area (Å²) in [6.07, 6.45) is 13.5. The van der Waals surface area contributed by atoms with Gasteiger partial charge in [-0.3, -0.25) is 0 Å². The predicted molar refractivity (Wildman–Crippen MR) is 81.3 cm³/mol. The number of hydrogen-bond acceptors (Lipinski definition) is 2. The Morgan fingerprint density at radius 1 is 0.850 bits per heavy atom. The zero-order valence-corrected chi connectivity index (χ0v) is 12.8. The van der Waals surface area contributed by atoms with Crippen LogP contribution in [-0.4, -0.2) is 30.6 Å². The SMILES string of the molecule is NC1CC12CCN(CC13CC4CC(CC(C4)C1)C3)CC2. The lowest BCUT2D eigenvalue weighted by molar-refractivity contribution is -0.0729. The van der Waals surface area contributed by atoms with Crippen LogP contribution in [0.15, 0.2) is 0 Å². The predicted octanol–water partition coefficient (Wildman–Crippen LogP) is 3.02. The van der Waals surface area contributed by atoms with E-state index in [4.69, 9.17) is 5.73 Å². The quantitative estimate of drug-likeness (QED) is 0.838. The number of rotatable bonds is 2. The molecule has 2 nitrogen and oxygen atoms in total. The summed E-state index contributed by atoms with van der Waals surface area (Å²) in [6.45, 7) is 4.12. The average Bonchev–Trinajstić information content (AvgIpc) is 3.00. The zero-order chi connectivity index (χ0) is 13.4. The molecule has 6 rings (SSSR count). The molecule has 0 aromatic carbocycles. The van der Waals surface area contributed by atoms with Crippen molar-refractivity contribution in [1.82, 2.24) is 4.90 Å². The van der Waals surface area contributed by atoms with E-state index >= 15 is 0 Å². The van der Waals surface area contributed by atoms with Gasteiger partial charge in [-0.1, -0.05) is 0 Å². The fourth-order valence-electron chi connectivity index (χ4n) is 7.07. The van der Waals surface area contributed by atoms with E-state index in [0.717, 1.165) is 23.2 Å². The van der Waals surface area contributed by atoms with Crippen molar-refractivity contribution in [3.05, 3.63) is 0 Å². The van der Waals surface area contributed by atoms with E-state index in [1.807, 2.05) is 0 Å². The summed E-state index contributed by atoms with van der Waals surface area (Å²) in [6, 6.07) is 0.546. The van der Waals surface area contributed by atoms with Crippen molar-refractivity contribution in [3.63, 3.8) is 0 Å². The minimum atomic E-state index is 0.546. The van der Waals surface area contributed by atoms with Crippen LogP contribution in [0.4, 0.5) is 0 Å². The first-order chi connectivity index (χ1) is 9.65. The van der Waals surface area contributed by atoms with Crippen molar-refractivity contribution in [2.75, 3.05) is 19.6 Å². The maximum atomic E-state index is 6.15. The molecule has 1 atom stereocenters. The van der Waals surface area contributed by atoms with Crippen LogP contribution in [0.3, 0.4) is 0 Å². The van der Waals surface area contributed by atoms with Crippen LogP contribution < -0.4 is 5.73 Å². The minimum absolute atomic E-state index is 0.546. The second-order valence-electron chi connectivity index (χ2n) is 9.37. The highest BCUT2D eigenvalue weighted by atomic mass is 15.1. The molecule has 2 N–H and O–H groups in total. The third-order valence-corrected chi connectivity index (χ3v) is 7.83. The van der Waals surface area contributed by atoms with Crippen LogP contribution in [0, 0.1) is 28.6 Å². The standard InChI is InChI=1S/C18H30N2/c19-16-11-18(16)1-3-20(4-2-18)12-17-8-13-5-14(9-17)7-15(6-13)10-17/h13-16H,1-12,19H2. The Labute approximate surface area is 123 Å². The van der Waals surface area contributed by atoms with Crippen LogP contribution >= 0.6 is 0 Å². The number of hydrogen-bond donors (Lipinski definition) is 1. The van der Waals surface area contributed by atoms with Gasteiger partial charge in [-0.15, -0.1) is 0 Å². The van der Waals surface area contributed by atoms with E-state index in [-0.39, 0.29) is 0 Å². The second-order valence-corrected chi connectivity index (χ2v) is 9.37. The van der Waals surface area contributed by atoms with Crippen LogP contribution in [0.5, 0.6) is 0 Å². The summed E-state index contributed by atoms with van der Waals surface area (Å²) in [5, 5.41) is 0. The van der Waals surface area contributed by atoms with E-state index in [1.165, 1.54) is 38.9 Å². The van der Waals surface area contributed by atoms with Crippen molar-refractivity contribution in [2.45, 2.75) is 63.8 Å². The molecule has 2 heteroatoms. The molecule has 0 aromatic heterocycles. The van der Waals surface area contributed by atoms with E-state index in [0.29, 0.717) is 11.5 Å². The van der Waals surface area contributed by atoms with Crippen LogP contribution in [0.25, 0.3) is 0 Å². The van der Waals surface area contributed by atoms with Gasteiger partial charge < -0.3 is 10.6 Å². The molecule has 6 aliphatic rings. The van der Waals surface area contributed by atoms with E-state index in [9.17, 15) is 0 Å². The van der Waals surface area contributed by atoms with Crippen molar-refractivity contribution < 1.29 is 0 Å². The molecule has 0 aromatic rings. The van der Waals surface area contributed by atoms with E-state index in [2.05, 4.69) is 4.90 Å². The minimum Gasteiger partial charge on any atom is -0.327 e. The van der Waals surface area contributed by atoms with Crippen LogP contribution in [0.2, 0.25) is 0 Å². The van der Waals surface area contributed by atoms with Gasteiger partial charge in [0.1, 0.15) is 0 Å². The summed E-state index contributed by atoms with van der Waals surface area (Å²) in [7, 11) is 0. The molecule has 1 saturated heterocycles. The lowest BCUT2D eigenvalue weighted by Gasteiger charge is -2.58. The first-order valence-electron chi connectivity index (χ1n) is 9.13. The van der Waals surface area contributed by atoms with Crippen LogP contribution in [0.1, 0.15) is 57.8 Å². The van der Waals surface area contributed by atoms with Gasteiger partial charge in [0.2, 0.25) is 0 Å². The van der Waals surface area contributed by atoms with Gasteiger partial charge in [0.25, 0.3) is 0 Å². The third-order valence-electron chi connectivity index (χ3n) is 7.83. The fourth-order valence-corrected chi connectivity index (χ4v) is 7.07. The van der Waals surface area contributed by atoms with Gasteiger partial charge in [-0.25, -0.2) is 0 Å². The zero-order valence-electron chi connectivity index (χ0n) is 12.8. The van der Waals surface area contributed by atoms with Gasteiger partial charge in [-0.2, -0.15) is 0 Å². The first kappa shape index (κ1) is 12.5. The van der Waals surface area contributed by atoms with Crippen molar-refractivity contribution in [2.24, 2.45) is 34.3 Å². The number of nitrogens with two attached hydrogens (primary N) is 1. The average molecular weight is 274 g/mol. The lowest BCUT2D eigenvalue weighted by atomic mass is 9.49. The normalized spacial score (nSPS) is 52.6. The molecule has 1 aliphatic heterocycles. The summed E-state index contributed by atoms with van der Waals surface area (Å²) < 4.78 is 0. The highest BCUT2D eigenvalue weighted by Gasteiger charge is 2.54. The maximum absolute atomic E-state index is 6.15. The molecule has 1 heterocycles. The number of likely N-dealkylation sites (tertiary alicyclic amines) is 1. The molecule has 5 aliphatic carbocycles. The van der Waals surface area contributed by atoms with Gasteiger partial charge >= 0.3 is 0 Å². The van der Waals surface area contributed by atoms with E-state index < -0.39 is 0 Å². The van der Waals surface area contributed by atoms with Gasteiger partial charge in [0.15, 0.2) is 0 Å². The van der Waals surface area contributed by atoms with Crippen LogP contribution in [-0.2, 0) is 0 Å². The lowest BCUT2D eigenvalue weighted by Crippen LogP contribution is -2.52. The summed E-state index contributed by atoms with van der Waals surface area (Å²) in [4.78, 5) is 2.82. The fraction of sp³-hybridized carbons (Fsp3) is 1.00. The Balaban J connectivity index is 1.26. The molecular formula is C18H30N2. The monoisotopic (exact) mass is 274 g/mol. The molecule has 112 valence electrons. The Morgan fingerprint density at radius 2 is 1.35 bits per heavy atom. The number of piperidine rings is 1. The highest BCUT2D eigenvalue weighted by molar-refractivity contribution is 5.09. The molecule has 6 fully saturated rings. The largest absolute Gasteiger partial charge is 0.327 e. The highest BCUT2D eigenvalue weighted by Crippen LogP contribution is 2.60. The van der Waals surface area contributed by atoms with Crippen molar-refractivity contribution in [1.29, 1.82) is 0 Å². The molecule has 0 radical (unpaired) electrons. The first-order valence-corrected chi connectivity index (χ1v) is 9.13. The maximum Gasteiger partial charge on any atom is 0.0103 e. The van der Waals surface area contributed by atoms with Gasteiger partial charge in [-0.05, 0) is 99.5 Å². The Morgan fingerprint density at radius 3 is 1.80 bits per heavy atom. The Kier molecular flexibility index (Phi) is 2.50. The molecule has 1 unspecified atom stereocenters. The smallest absolute Gasteiger partial charge is 0.0103 e. The summed E-state index contributed by atoms with van der Waals surface area (Å²) in [5.74, 6) is 3.32. The second kappa shape index (κ2) is 4.01. The molecule has 4 bridgehead atoms. The van der Waals surface area contributed by atoms with Crippen molar-refractivity contribution >= 4 is 0 Å². The third kappa shape index (κ3) is 1.83. The van der Waals surface area contributed by atoms with E-state index in [1.54, 1.807) is 38.5 Å². The van der Waals surface area contributed by atoms with Gasteiger partial charge in [0.05, 0.1) is 0 Å². The topological polar surface area (TPSA) is 29.3 Å². The summed E-state index contributed by atoms with van der Waals surface area (Å²) >= 11 is 0. The van der Waals surface area contributed by atoms with Gasteiger partial charge in [0, 0.05) is 12.6 Å². The Hall–Kier alpha value is -0.0800. The molecule has 0 amide bonds. The molecule has 1 spiro atoms. The molecule has 20 heavy (non-hydrogen) atoms. The molecular weight excluding hydrogens is 244 g/mol. The molecule has 5 saturated carbocycles. The number of nitrogens with zero attached hydrogens (tertiary/aromatic N) is 1.